The predicted molar refractivity (Wildman–Crippen MR) is 109 cm³/mol. The molecule has 130 valence electrons. The van der Waals surface area contributed by atoms with Crippen molar-refractivity contribution in [3.8, 4) is 0 Å². The third-order valence-corrected chi connectivity index (χ3v) is 10.3. The Morgan fingerprint density at radius 2 is 1.39 bits per heavy atom. The molecular weight excluding hydrogens is 292 g/mol. The van der Waals surface area contributed by atoms with Gasteiger partial charge in [0.25, 0.3) is 0 Å². The molecule has 0 aliphatic heterocycles. The molecule has 23 heavy (non-hydrogen) atoms. The molecule has 1 rings (SSSR count). The highest BCUT2D eigenvalue weighted by Gasteiger charge is 2.30. The van der Waals surface area contributed by atoms with Crippen molar-refractivity contribution < 1.29 is 0 Å². The van der Waals surface area contributed by atoms with Crippen LogP contribution in [-0.2, 0) is 6.04 Å². The summed E-state index contributed by atoms with van der Waals surface area (Å²) in [6, 6.07) is 16.9. The highest BCUT2D eigenvalue weighted by atomic mass is 28.3. The summed E-state index contributed by atoms with van der Waals surface area (Å²) >= 11 is 0. The molecule has 0 N–H and O–H groups in total. The molecule has 0 spiro atoms. The number of unbranched alkanes of at least 4 members (excludes halogenated alkanes) is 6. The lowest BCUT2D eigenvalue weighted by Gasteiger charge is -2.32. The minimum Gasteiger partial charge on any atom is -0.103 e. The number of rotatable bonds is 14. The van der Waals surface area contributed by atoms with Crippen molar-refractivity contribution in [1.29, 1.82) is 0 Å². The Labute approximate surface area is 146 Å². The van der Waals surface area contributed by atoms with Gasteiger partial charge < -0.3 is 0 Å². The Balaban J connectivity index is 2.72. The van der Waals surface area contributed by atoms with Crippen molar-refractivity contribution in [2.45, 2.75) is 89.4 Å². The average Bonchev–Trinajstić information content (AvgIpc) is 2.57. The molecule has 1 aromatic rings. The minimum absolute atomic E-state index is 1.25. The van der Waals surface area contributed by atoms with E-state index in [0.29, 0.717) is 0 Å². The van der Waals surface area contributed by atoms with Crippen LogP contribution in [0.3, 0.4) is 0 Å². The normalized spacial score (nSPS) is 11.6. The lowest BCUT2D eigenvalue weighted by Crippen LogP contribution is -2.36. The van der Waals surface area contributed by atoms with Crippen LogP contribution in [0.2, 0.25) is 18.1 Å². The third kappa shape index (κ3) is 8.55. The van der Waals surface area contributed by atoms with Gasteiger partial charge in [-0.2, -0.15) is 0 Å². The van der Waals surface area contributed by atoms with E-state index in [0.717, 1.165) is 0 Å². The van der Waals surface area contributed by atoms with Crippen molar-refractivity contribution >= 4 is 8.07 Å². The molecule has 0 unspecified atom stereocenters. The smallest absolute Gasteiger partial charge is 0.0616 e. The summed E-state index contributed by atoms with van der Waals surface area (Å²) in [5.74, 6) is 0. The summed E-state index contributed by atoms with van der Waals surface area (Å²) in [5.41, 5.74) is 1.56. The van der Waals surface area contributed by atoms with E-state index in [4.69, 9.17) is 0 Å². The van der Waals surface area contributed by atoms with Crippen LogP contribution >= 0.6 is 0 Å². The molecule has 0 aliphatic rings. The third-order valence-electron chi connectivity index (χ3n) is 5.12. The van der Waals surface area contributed by atoms with Crippen molar-refractivity contribution in [2.24, 2.45) is 0 Å². The summed E-state index contributed by atoms with van der Waals surface area (Å²) in [6.45, 7) is 8.73. The molecule has 0 heterocycles. The molecule has 0 atom stereocenters. The Kier molecular flexibility index (Phi) is 11.1. The maximum Gasteiger partial charge on any atom is 0.0616 e. The van der Waals surface area contributed by atoms with Gasteiger partial charge in [-0.3, -0.25) is 0 Å². The zero-order valence-corrected chi connectivity index (χ0v) is 16.7. The maximum atomic E-state index is 4.11. The van der Waals surface area contributed by atoms with E-state index in [1.807, 2.05) is 0 Å². The second kappa shape index (κ2) is 12.6. The van der Waals surface area contributed by atoms with Gasteiger partial charge in [0, 0.05) is 0 Å². The fraction of sp³-hybridized carbons (Fsp3) is 0.636. The summed E-state index contributed by atoms with van der Waals surface area (Å²) in [7, 11) is -1.25. The van der Waals surface area contributed by atoms with E-state index in [1.54, 1.807) is 5.56 Å². The first-order chi connectivity index (χ1) is 11.3. The monoisotopic (exact) mass is 330 g/mol. The first kappa shape index (κ1) is 20.2. The van der Waals surface area contributed by atoms with Gasteiger partial charge in [-0.1, -0.05) is 119 Å². The topological polar surface area (TPSA) is 0 Å². The van der Waals surface area contributed by atoms with Gasteiger partial charge in [-0.05, 0) is 12.1 Å². The molecule has 0 saturated heterocycles. The summed E-state index contributed by atoms with van der Waals surface area (Å²) in [6.07, 6.45) is 13.4. The zero-order valence-electron chi connectivity index (χ0n) is 15.7. The highest BCUT2D eigenvalue weighted by molar-refractivity contribution is 6.79. The fourth-order valence-electron chi connectivity index (χ4n) is 3.77. The zero-order chi connectivity index (χ0) is 16.8. The van der Waals surface area contributed by atoms with E-state index in [9.17, 15) is 0 Å². The van der Waals surface area contributed by atoms with E-state index in [-0.39, 0.29) is 0 Å². The first-order valence-corrected chi connectivity index (χ1v) is 12.7. The Hall–Kier alpha value is -0.823. The van der Waals surface area contributed by atoms with Crippen LogP contribution in [0.1, 0.15) is 70.8 Å². The van der Waals surface area contributed by atoms with E-state index in [2.05, 4.69) is 56.8 Å². The molecule has 0 saturated carbocycles. The van der Waals surface area contributed by atoms with E-state index >= 15 is 0 Å². The molecule has 0 fully saturated rings. The SMILES string of the molecule is C=CC[Si](CCCCCC)(CCCCCC)Cc1ccccc1. The lowest BCUT2D eigenvalue weighted by atomic mass is 10.2. The first-order valence-electron chi connectivity index (χ1n) is 9.91. The van der Waals surface area contributed by atoms with Gasteiger partial charge in [-0.15, -0.1) is 6.58 Å². The maximum absolute atomic E-state index is 4.11. The second-order valence-electron chi connectivity index (χ2n) is 7.28. The Morgan fingerprint density at radius 3 is 1.87 bits per heavy atom. The van der Waals surface area contributed by atoms with Crippen LogP contribution in [-0.4, -0.2) is 8.07 Å². The molecule has 1 heteroatoms. The van der Waals surface area contributed by atoms with Gasteiger partial charge in [-0.25, -0.2) is 0 Å². The quantitative estimate of drug-likeness (QED) is 0.187. The molecule has 0 aromatic heterocycles. The van der Waals surface area contributed by atoms with E-state index in [1.165, 1.54) is 75.5 Å². The molecule has 0 amide bonds. The molecule has 0 bridgehead atoms. The lowest BCUT2D eigenvalue weighted by molar-refractivity contribution is 0.678. The van der Waals surface area contributed by atoms with Crippen LogP contribution in [0.4, 0.5) is 0 Å². The molecule has 0 radical (unpaired) electrons. The van der Waals surface area contributed by atoms with Gasteiger partial charge in [0.05, 0.1) is 8.07 Å². The standard InChI is InChI=1S/C22H38Si/c1-4-7-9-14-19-23(18-6-3,20-15-10-8-5-2)21-22-16-12-11-13-17-22/h6,11-13,16-17H,3-5,7-10,14-15,18-21H2,1-2H3. The van der Waals surface area contributed by atoms with Crippen LogP contribution in [0.5, 0.6) is 0 Å². The van der Waals surface area contributed by atoms with Crippen LogP contribution < -0.4 is 0 Å². The summed E-state index contributed by atoms with van der Waals surface area (Å²) < 4.78 is 0. The number of benzene rings is 1. The Bertz CT molecular complexity index is 384. The van der Waals surface area contributed by atoms with Crippen LogP contribution in [0.15, 0.2) is 43.0 Å². The minimum atomic E-state index is -1.25. The molecule has 0 nitrogen and oxygen atoms in total. The van der Waals surface area contributed by atoms with Gasteiger partial charge in [0.15, 0.2) is 0 Å². The Morgan fingerprint density at radius 1 is 0.826 bits per heavy atom. The summed E-state index contributed by atoms with van der Waals surface area (Å²) in [5, 5.41) is 0. The van der Waals surface area contributed by atoms with Gasteiger partial charge >= 0.3 is 0 Å². The predicted octanol–water partition coefficient (Wildman–Crippen LogP) is 7.56. The molecule has 0 aliphatic carbocycles. The van der Waals surface area contributed by atoms with Crippen LogP contribution in [0, 0.1) is 0 Å². The summed E-state index contributed by atoms with van der Waals surface area (Å²) in [4.78, 5) is 0. The van der Waals surface area contributed by atoms with Crippen molar-refractivity contribution in [1.82, 2.24) is 0 Å². The number of hydrogen-bond donors (Lipinski definition) is 0. The number of allylic oxidation sites excluding steroid dienone is 1. The van der Waals surface area contributed by atoms with Gasteiger partial charge in [0.1, 0.15) is 0 Å². The van der Waals surface area contributed by atoms with Crippen LogP contribution in [0.25, 0.3) is 0 Å². The molecular formula is C22H38Si. The van der Waals surface area contributed by atoms with E-state index < -0.39 is 8.07 Å². The largest absolute Gasteiger partial charge is 0.103 e. The number of hydrogen-bond acceptors (Lipinski definition) is 0. The van der Waals surface area contributed by atoms with Gasteiger partial charge in [0.2, 0.25) is 0 Å². The van der Waals surface area contributed by atoms with Crippen molar-refractivity contribution in [2.75, 3.05) is 0 Å². The second-order valence-corrected chi connectivity index (χ2v) is 12.0. The fourth-order valence-corrected chi connectivity index (χ4v) is 8.64. The molecule has 1 aromatic carbocycles. The van der Waals surface area contributed by atoms with Crippen molar-refractivity contribution in [3.05, 3.63) is 48.6 Å². The average molecular weight is 331 g/mol. The highest BCUT2D eigenvalue weighted by Crippen LogP contribution is 2.31. The van der Waals surface area contributed by atoms with Crippen molar-refractivity contribution in [3.63, 3.8) is 0 Å².